The number of hydrogen-bond donors (Lipinski definition) is 1. The average molecular weight is 257 g/mol. The lowest BCUT2D eigenvalue weighted by Gasteiger charge is -2.06. The number of primary sulfonamides is 1. The van der Waals surface area contributed by atoms with Crippen LogP contribution < -0.4 is 9.88 Å². The summed E-state index contributed by atoms with van der Waals surface area (Å²) in [5.74, 6) is 0.513. The molecule has 0 fully saturated rings. The van der Waals surface area contributed by atoms with E-state index in [0.29, 0.717) is 5.75 Å². The van der Waals surface area contributed by atoms with E-state index in [0.717, 1.165) is 6.42 Å². The summed E-state index contributed by atoms with van der Waals surface area (Å²) in [6.07, 6.45) is 3.41. The second-order valence-corrected chi connectivity index (χ2v) is 5.70. The Morgan fingerprint density at radius 3 is 2.41 bits per heavy atom. The van der Waals surface area contributed by atoms with Gasteiger partial charge in [0.05, 0.1) is 5.75 Å². The molecule has 17 heavy (non-hydrogen) atoms. The van der Waals surface area contributed by atoms with Crippen molar-refractivity contribution in [1.82, 2.24) is 0 Å². The summed E-state index contributed by atoms with van der Waals surface area (Å²) >= 11 is 0. The maximum absolute atomic E-state index is 10.7. The largest absolute Gasteiger partial charge is 0.492 e. The van der Waals surface area contributed by atoms with Crippen LogP contribution in [0, 0.1) is 0 Å². The monoisotopic (exact) mass is 257 g/mol. The second kappa shape index (κ2) is 6.61. The first-order valence-electron chi connectivity index (χ1n) is 5.73. The molecule has 0 amide bonds. The highest BCUT2D eigenvalue weighted by molar-refractivity contribution is 7.89. The Bertz CT molecular complexity index is 426. The summed E-state index contributed by atoms with van der Waals surface area (Å²) in [6.45, 7) is 2.25. The van der Waals surface area contributed by atoms with Crippen LogP contribution >= 0.6 is 0 Å². The molecule has 1 aromatic rings. The minimum atomic E-state index is -3.44. The van der Waals surface area contributed by atoms with E-state index in [4.69, 9.17) is 9.88 Å². The summed E-state index contributed by atoms with van der Waals surface area (Å²) in [7, 11) is -3.44. The van der Waals surface area contributed by atoms with Gasteiger partial charge in [-0.25, -0.2) is 13.6 Å². The molecule has 0 unspecified atom stereocenters. The number of sulfonamides is 1. The van der Waals surface area contributed by atoms with E-state index < -0.39 is 10.0 Å². The Kier molecular flexibility index (Phi) is 5.44. The molecule has 5 heteroatoms. The zero-order valence-electron chi connectivity index (χ0n) is 10.1. The number of hydrogen-bond acceptors (Lipinski definition) is 3. The summed E-state index contributed by atoms with van der Waals surface area (Å²) in [6, 6.07) is 7.71. The van der Waals surface area contributed by atoms with Crippen LogP contribution in [0.2, 0.25) is 0 Å². The van der Waals surface area contributed by atoms with E-state index in [9.17, 15) is 8.42 Å². The molecule has 0 radical (unpaired) electrons. The fourth-order valence-corrected chi connectivity index (χ4v) is 1.72. The van der Waals surface area contributed by atoms with Gasteiger partial charge in [0.1, 0.15) is 12.4 Å². The van der Waals surface area contributed by atoms with Gasteiger partial charge in [-0.15, -0.1) is 0 Å². The van der Waals surface area contributed by atoms with Gasteiger partial charge in [-0.3, -0.25) is 0 Å². The van der Waals surface area contributed by atoms with Crippen molar-refractivity contribution in [3.8, 4) is 5.75 Å². The van der Waals surface area contributed by atoms with Crippen LogP contribution in [0.3, 0.4) is 0 Å². The summed E-state index contributed by atoms with van der Waals surface area (Å²) in [5, 5.41) is 4.87. The van der Waals surface area contributed by atoms with Crippen molar-refractivity contribution < 1.29 is 13.2 Å². The van der Waals surface area contributed by atoms with Gasteiger partial charge in [-0.1, -0.05) is 25.5 Å². The fourth-order valence-electron chi connectivity index (χ4n) is 1.41. The Hall–Kier alpha value is -1.07. The van der Waals surface area contributed by atoms with Crippen LogP contribution in [0.5, 0.6) is 5.75 Å². The molecule has 0 saturated carbocycles. The standard InChI is InChI=1S/C12H19NO3S/c1-2-3-4-11-5-7-12(8-6-11)16-9-10-17(13,14)15/h5-8H,2-4,9-10H2,1H3,(H2,13,14,15). The minimum Gasteiger partial charge on any atom is -0.492 e. The molecule has 4 nitrogen and oxygen atoms in total. The zero-order chi connectivity index (χ0) is 12.7. The molecule has 1 aromatic carbocycles. The Morgan fingerprint density at radius 2 is 1.88 bits per heavy atom. The quantitative estimate of drug-likeness (QED) is 0.808. The van der Waals surface area contributed by atoms with Crippen LogP contribution in [-0.4, -0.2) is 20.8 Å². The van der Waals surface area contributed by atoms with E-state index in [-0.39, 0.29) is 12.4 Å². The molecular formula is C12H19NO3S. The van der Waals surface area contributed by atoms with Crippen LogP contribution in [0.1, 0.15) is 25.3 Å². The maximum Gasteiger partial charge on any atom is 0.212 e. The third-order valence-electron chi connectivity index (χ3n) is 2.38. The van der Waals surface area contributed by atoms with Gasteiger partial charge in [0, 0.05) is 0 Å². The van der Waals surface area contributed by atoms with E-state index in [1.54, 1.807) is 0 Å². The average Bonchev–Trinajstić information content (AvgIpc) is 2.26. The number of aryl methyl sites for hydroxylation is 1. The predicted octanol–water partition coefficient (Wildman–Crippen LogP) is 1.70. The molecule has 0 spiro atoms. The van der Waals surface area contributed by atoms with E-state index in [1.807, 2.05) is 24.3 Å². The van der Waals surface area contributed by atoms with Crippen LogP contribution in [0.25, 0.3) is 0 Å². The zero-order valence-corrected chi connectivity index (χ0v) is 10.9. The van der Waals surface area contributed by atoms with Crippen molar-refractivity contribution in [2.24, 2.45) is 5.14 Å². The minimum absolute atomic E-state index is 0.0904. The van der Waals surface area contributed by atoms with Crippen LogP contribution in [-0.2, 0) is 16.4 Å². The van der Waals surface area contributed by atoms with Crippen molar-refractivity contribution >= 4 is 10.0 Å². The van der Waals surface area contributed by atoms with Gasteiger partial charge >= 0.3 is 0 Å². The number of ether oxygens (including phenoxy) is 1. The third-order valence-corrected chi connectivity index (χ3v) is 3.11. The van der Waals surface area contributed by atoms with Crippen molar-refractivity contribution in [3.63, 3.8) is 0 Å². The Labute approximate surface area is 103 Å². The molecule has 2 N–H and O–H groups in total. The molecule has 1 rings (SSSR count). The normalized spacial score (nSPS) is 11.4. The number of unbranched alkanes of at least 4 members (excludes halogenated alkanes) is 1. The highest BCUT2D eigenvalue weighted by Gasteiger charge is 2.02. The number of nitrogens with two attached hydrogens (primary N) is 1. The van der Waals surface area contributed by atoms with E-state index >= 15 is 0 Å². The van der Waals surface area contributed by atoms with Crippen molar-refractivity contribution in [2.45, 2.75) is 26.2 Å². The summed E-state index contributed by atoms with van der Waals surface area (Å²) < 4.78 is 26.7. The highest BCUT2D eigenvalue weighted by atomic mass is 32.2. The van der Waals surface area contributed by atoms with E-state index in [2.05, 4.69) is 6.92 Å². The van der Waals surface area contributed by atoms with Gasteiger partial charge < -0.3 is 4.74 Å². The highest BCUT2D eigenvalue weighted by Crippen LogP contribution is 2.13. The molecule has 96 valence electrons. The molecule has 0 heterocycles. The van der Waals surface area contributed by atoms with Gasteiger partial charge in [0.2, 0.25) is 10.0 Å². The molecule has 0 aliphatic rings. The van der Waals surface area contributed by atoms with Crippen molar-refractivity contribution in [1.29, 1.82) is 0 Å². The van der Waals surface area contributed by atoms with Gasteiger partial charge in [0.25, 0.3) is 0 Å². The topological polar surface area (TPSA) is 69.4 Å². The third kappa shape index (κ3) is 6.28. The fraction of sp³-hybridized carbons (Fsp3) is 0.500. The van der Waals surface area contributed by atoms with Crippen molar-refractivity contribution in [2.75, 3.05) is 12.4 Å². The smallest absolute Gasteiger partial charge is 0.212 e. The van der Waals surface area contributed by atoms with Crippen molar-refractivity contribution in [3.05, 3.63) is 29.8 Å². The van der Waals surface area contributed by atoms with Crippen LogP contribution in [0.15, 0.2) is 24.3 Å². The second-order valence-electron chi connectivity index (χ2n) is 3.96. The molecule has 0 saturated heterocycles. The lowest BCUT2D eigenvalue weighted by Crippen LogP contribution is -2.21. The maximum atomic E-state index is 10.7. The lowest BCUT2D eigenvalue weighted by atomic mass is 10.1. The van der Waals surface area contributed by atoms with Gasteiger partial charge in [0.15, 0.2) is 0 Å². The summed E-state index contributed by atoms with van der Waals surface area (Å²) in [5.41, 5.74) is 1.27. The molecule has 0 bridgehead atoms. The first kappa shape index (κ1) is 14.0. The van der Waals surface area contributed by atoms with Gasteiger partial charge in [-0.05, 0) is 30.5 Å². The van der Waals surface area contributed by atoms with E-state index in [1.165, 1.54) is 18.4 Å². The first-order chi connectivity index (χ1) is 8.01. The summed E-state index contributed by atoms with van der Waals surface area (Å²) in [4.78, 5) is 0. The predicted molar refractivity (Wildman–Crippen MR) is 68.5 cm³/mol. The van der Waals surface area contributed by atoms with Gasteiger partial charge in [-0.2, -0.15) is 0 Å². The first-order valence-corrected chi connectivity index (χ1v) is 7.45. The van der Waals surface area contributed by atoms with Crippen LogP contribution in [0.4, 0.5) is 0 Å². The number of benzene rings is 1. The lowest BCUT2D eigenvalue weighted by molar-refractivity contribution is 0.341. The number of rotatable bonds is 7. The Balaban J connectivity index is 2.40. The Morgan fingerprint density at radius 1 is 1.24 bits per heavy atom. The molecular weight excluding hydrogens is 238 g/mol. The SMILES string of the molecule is CCCCc1ccc(OCCS(N)(=O)=O)cc1. The molecule has 0 atom stereocenters. The molecule has 0 aliphatic carbocycles. The molecule has 0 aliphatic heterocycles. The molecule has 0 aromatic heterocycles.